The van der Waals surface area contributed by atoms with Gasteiger partial charge in [-0.15, -0.1) is 0 Å². The molecule has 5 rings (SSSR count). The average Bonchev–Trinajstić information content (AvgIpc) is 3.24. The smallest absolute Gasteiger partial charge is 0.299 e. The number of piperidine rings is 1. The zero-order chi connectivity index (χ0) is 26.8. The number of ketones is 1. The van der Waals surface area contributed by atoms with Gasteiger partial charge in [0.1, 0.15) is 17.4 Å². The number of alkyl halides is 3. The molecule has 0 radical (unpaired) electrons. The van der Waals surface area contributed by atoms with Crippen molar-refractivity contribution in [3.63, 3.8) is 0 Å². The summed E-state index contributed by atoms with van der Waals surface area (Å²) in [7, 11) is -4.40. The van der Waals surface area contributed by atoms with E-state index in [-0.39, 0.29) is 31.7 Å². The first-order chi connectivity index (χ1) is 17.3. The molecule has 1 aliphatic carbocycles. The quantitative estimate of drug-likeness (QED) is 0.450. The Kier molecular flexibility index (Phi) is 5.87. The molecule has 1 saturated heterocycles. The minimum Gasteiger partial charge on any atom is -0.299 e. The molecule has 1 aliphatic heterocycles. The van der Waals surface area contributed by atoms with Crippen LogP contribution in [-0.4, -0.2) is 41.4 Å². The summed E-state index contributed by atoms with van der Waals surface area (Å²) in [5.41, 5.74) is -0.0869. The van der Waals surface area contributed by atoms with Gasteiger partial charge in [-0.3, -0.25) is 4.79 Å². The van der Waals surface area contributed by atoms with Crippen LogP contribution < -0.4 is 0 Å². The lowest BCUT2D eigenvalue weighted by Crippen LogP contribution is -2.52. The zero-order valence-electron chi connectivity index (χ0n) is 19.4. The lowest BCUT2D eigenvalue weighted by molar-refractivity contribution is -0.140. The normalized spacial score (nSPS) is 20.2. The first-order valence-corrected chi connectivity index (χ1v) is 12.7. The van der Waals surface area contributed by atoms with Gasteiger partial charge >= 0.3 is 6.18 Å². The maximum absolute atomic E-state index is 14.1. The van der Waals surface area contributed by atoms with Crippen molar-refractivity contribution < 1.29 is 35.2 Å². The van der Waals surface area contributed by atoms with E-state index in [0.29, 0.717) is 34.7 Å². The van der Waals surface area contributed by atoms with Gasteiger partial charge in [0, 0.05) is 13.1 Å². The van der Waals surface area contributed by atoms with Crippen LogP contribution in [0.2, 0.25) is 0 Å². The Bertz CT molecular complexity index is 1540. The molecule has 0 bridgehead atoms. The number of carbonyl (C=O) groups is 1. The van der Waals surface area contributed by atoms with E-state index in [9.17, 15) is 35.2 Å². The van der Waals surface area contributed by atoms with Crippen molar-refractivity contribution >= 4 is 21.9 Å². The predicted octanol–water partition coefficient (Wildman–Crippen LogP) is 4.78. The van der Waals surface area contributed by atoms with Crippen LogP contribution in [0, 0.1) is 17.0 Å². The summed E-state index contributed by atoms with van der Waals surface area (Å²) in [5, 5.41) is 4.37. The van der Waals surface area contributed by atoms with E-state index in [1.165, 1.54) is 19.1 Å². The minimum absolute atomic E-state index is 0.0497. The first-order valence-electron chi connectivity index (χ1n) is 11.2. The van der Waals surface area contributed by atoms with Crippen LogP contribution in [0.25, 0.3) is 11.8 Å². The molecule has 2 aromatic carbocycles. The fraction of sp³-hybridized carbons (Fsp3) is 0.280. The summed E-state index contributed by atoms with van der Waals surface area (Å²) >= 11 is 0. The monoisotopic (exact) mass is 537 g/mol. The molecule has 0 spiro atoms. The van der Waals surface area contributed by atoms with E-state index in [1.807, 2.05) is 0 Å². The van der Waals surface area contributed by atoms with Gasteiger partial charge in [0.15, 0.2) is 0 Å². The molecule has 3 aromatic rings. The summed E-state index contributed by atoms with van der Waals surface area (Å²) < 4.78 is 95.6. The number of halogens is 5. The van der Waals surface area contributed by atoms with Gasteiger partial charge in [-0.1, -0.05) is 5.57 Å². The number of benzene rings is 2. The second-order valence-electron chi connectivity index (χ2n) is 9.16. The van der Waals surface area contributed by atoms with Crippen molar-refractivity contribution in [2.75, 3.05) is 13.1 Å². The molecule has 6 nitrogen and oxygen atoms in total. The van der Waals surface area contributed by atoms with E-state index >= 15 is 0 Å². The summed E-state index contributed by atoms with van der Waals surface area (Å²) in [4.78, 5) is 12.4. The Morgan fingerprint density at radius 3 is 2.41 bits per heavy atom. The summed E-state index contributed by atoms with van der Waals surface area (Å²) in [6.07, 6.45) is -1.28. The number of carbonyl (C=O) groups excluding carboxylic acids is 1. The minimum atomic E-state index is -4.96. The maximum atomic E-state index is 14.1. The van der Waals surface area contributed by atoms with Gasteiger partial charge < -0.3 is 0 Å². The van der Waals surface area contributed by atoms with Crippen LogP contribution in [-0.2, 0) is 27.4 Å². The van der Waals surface area contributed by atoms with Crippen molar-refractivity contribution in [1.29, 1.82) is 0 Å². The summed E-state index contributed by atoms with van der Waals surface area (Å²) in [6.45, 7) is 1.06. The van der Waals surface area contributed by atoms with Crippen LogP contribution in [0.5, 0.6) is 0 Å². The number of fused-ring (bicyclic) bond motifs is 2. The highest BCUT2D eigenvalue weighted by atomic mass is 32.2. The SMILES string of the molecule is CC(=O)[C@]12Cc3cnn(-c4ccc(F)cc4)c3C=C1CCN(S(=O)(=O)c1ccc(C(F)(F)F)c(F)c1)C2. The van der Waals surface area contributed by atoms with Gasteiger partial charge in [-0.05, 0) is 73.9 Å². The molecule has 0 saturated carbocycles. The predicted molar refractivity (Wildman–Crippen MR) is 123 cm³/mol. The molecule has 1 atom stereocenters. The van der Waals surface area contributed by atoms with E-state index < -0.39 is 43.7 Å². The van der Waals surface area contributed by atoms with Gasteiger partial charge in [0.25, 0.3) is 0 Å². The fourth-order valence-corrected chi connectivity index (χ4v) is 6.52. The standard InChI is InChI=1S/C25H20F5N3O3S/c1-15(34)24-12-16-13-31-33(19-4-2-18(26)3-5-19)23(16)10-17(24)8-9-32(14-24)37(35,36)20-6-7-21(22(27)11-20)25(28,29)30/h2-7,10-11,13H,8-9,12,14H2,1H3/t24-/m1/s1. The Morgan fingerprint density at radius 1 is 1.08 bits per heavy atom. The molecule has 37 heavy (non-hydrogen) atoms. The third-order valence-corrected chi connectivity index (χ3v) is 8.85. The van der Waals surface area contributed by atoms with Crippen molar-refractivity contribution in [1.82, 2.24) is 14.1 Å². The van der Waals surface area contributed by atoms with Crippen LogP contribution in [0.15, 0.2) is 59.1 Å². The molecule has 194 valence electrons. The van der Waals surface area contributed by atoms with Gasteiger partial charge in [0.05, 0.1) is 33.5 Å². The van der Waals surface area contributed by atoms with Crippen molar-refractivity contribution in [2.24, 2.45) is 5.41 Å². The lowest BCUT2D eigenvalue weighted by Gasteiger charge is -2.44. The number of hydrogen-bond donors (Lipinski definition) is 0. The van der Waals surface area contributed by atoms with Gasteiger partial charge in [-0.25, -0.2) is 21.9 Å². The van der Waals surface area contributed by atoms with Crippen LogP contribution in [0.1, 0.15) is 30.2 Å². The molecule has 0 N–H and O–H groups in total. The number of rotatable bonds is 4. The molecule has 0 unspecified atom stereocenters. The second kappa shape index (κ2) is 8.59. The highest BCUT2D eigenvalue weighted by Crippen LogP contribution is 2.46. The topological polar surface area (TPSA) is 72.3 Å². The van der Waals surface area contributed by atoms with E-state index in [2.05, 4.69) is 5.10 Å². The van der Waals surface area contributed by atoms with E-state index in [0.717, 1.165) is 10.4 Å². The molecule has 0 amide bonds. The summed E-state index contributed by atoms with van der Waals surface area (Å²) in [6, 6.07) is 7.20. The Labute approximate surface area is 209 Å². The molecule has 1 aromatic heterocycles. The van der Waals surface area contributed by atoms with E-state index in [4.69, 9.17) is 0 Å². The second-order valence-corrected chi connectivity index (χ2v) is 11.1. The molecular weight excluding hydrogens is 517 g/mol. The Balaban J connectivity index is 1.50. The molecule has 2 heterocycles. The molecule has 2 aliphatic rings. The zero-order valence-corrected chi connectivity index (χ0v) is 20.2. The van der Waals surface area contributed by atoms with Gasteiger partial charge in [-0.2, -0.15) is 22.6 Å². The Hall–Kier alpha value is -3.38. The fourth-order valence-electron chi connectivity index (χ4n) is 5.01. The largest absolute Gasteiger partial charge is 0.419 e. The molecule has 12 heteroatoms. The summed E-state index contributed by atoms with van der Waals surface area (Å²) in [5.74, 6) is -2.37. The number of sulfonamides is 1. The molecule has 1 fully saturated rings. The van der Waals surface area contributed by atoms with Crippen molar-refractivity contribution in [3.05, 3.63) is 82.7 Å². The van der Waals surface area contributed by atoms with Crippen molar-refractivity contribution in [3.8, 4) is 5.69 Å². The Morgan fingerprint density at radius 2 is 1.78 bits per heavy atom. The third kappa shape index (κ3) is 4.17. The van der Waals surface area contributed by atoms with Crippen LogP contribution in [0.3, 0.4) is 0 Å². The first kappa shape index (κ1) is 25.3. The number of aromatic nitrogens is 2. The number of nitrogens with zero attached hydrogens (tertiary/aromatic N) is 3. The van der Waals surface area contributed by atoms with Crippen LogP contribution >= 0.6 is 0 Å². The third-order valence-electron chi connectivity index (χ3n) is 7.01. The van der Waals surface area contributed by atoms with E-state index in [1.54, 1.807) is 29.1 Å². The average molecular weight is 538 g/mol. The highest BCUT2D eigenvalue weighted by molar-refractivity contribution is 7.89. The maximum Gasteiger partial charge on any atom is 0.419 e. The number of Topliss-reactive ketones (excluding diaryl/α,β-unsaturated/α-hetero) is 1. The highest BCUT2D eigenvalue weighted by Gasteiger charge is 2.49. The lowest BCUT2D eigenvalue weighted by atomic mass is 9.66. The molecular formula is C25H20F5N3O3S. The number of hydrogen-bond acceptors (Lipinski definition) is 4. The van der Waals surface area contributed by atoms with Crippen molar-refractivity contribution in [2.45, 2.75) is 30.8 Å². The van der Waals surface area contributed by atoms with Crippen LogP contribution in [0.4, 0.5) is 22.0 Å². The van der Waals surface area contributed by atoms with Gasteiger partial charge in [0.2, 0.25) is 10.0 Å².